The average molecular weight is 279 g/mol. The molecular weight excluding hydrogens is 268 g/mol. The number of nitrogens with two attached hydrogens (primary N) is 1. The first-order valence-corrected chi connectivity index (χ1v) is 5.66. The molecule has 0 aliphatic rings. The van der Waals surface area contributed by atoms with Gasteiger partial charge in [0.1, 0.15) is 17.1 Å². The van der Waals surface area contributed by atoms with Gasteiger partial charge in [0.05, 0.1) is 5.69 Å². The number of carbonyl (C=O) groups is 1. The zero-order chi connectivity index (χ0) is 14.9. The molecular formula is C14H11F2NO3. The number of nitrogen functional groups attached to an aromatic ring is 1. The second kappa shape index (κ2) is 5.16. The summed E-state index contributed by atoms with van der Waals surface area (Å²) in [5.74, 6) is -3.32. The van der Waals surface area contributed by atoms with Crippen molar-refractivity contribution in [2.45, 2.75) is 6.92 Å². The molecule has 6 heteroatoms. The molecule has 0 fully saturated rings. The summed E-state index contributed by atoms with van der Waals surface area (Å²) in [7, 11) is 0. The van der Waals surface area contributed by atoms with Crippen molar-refractivity contribution in [1.82, 2.24) is 0 Å². The summed E-state index contributed by atoms with van der Waals surface area (Å²) in [5.41, 5.74) is 4.63. The number of hydrogen-bond donors (Lipinski definition) is 2. The van der Waals surface area contributed by atoms with Gasteiger partial charge in [0.15, 0.2) is 11.6 Å². The highest BCUT2D eigenvalue weighted by molar-refractivity contribution is 5.97. The Balaban J connectivity index is 2.52. The van der Waals surface area contributed by atoms with Gasteiger partial charge >= 0.3 is 5.97 Å². The monoisotopic (exact) mass is 279 g/mol. The molecule has 2 aromatic rings. The van der Waals surface area contributed by atoms with Crippen molar-refractivity contribution < 1.29 is 23.4 Å². The highest BCUT2D eigenvalue weighted by Crippen LogP contribution is 2.32. The Labute approximate surface area is 113 Å². The predicted octanol–water partition coefficient (Wildman–Crippen LogP) is 3.35. The lowest BCUT2D eigenvalue weighted by atomic mass is 10.1. The van der Waals surface area contributed by atoms with Crippen molar-refractivity contribution in [3.8, 4) is 11.5 Å². The van der Waals surface area contributed by atoms with E-state index >= 15 is 0 Å². The molecule has 0 saturated carbocycles. The van der Waals surface area contributed by atoms with Crippen molar-refractivity contribution in [2.75, 3.05) is 5.73 Å². The van der Waals surface area contributed by atoms with E-state index in [2.05, 4.69) is 0 Å². The molecule has 0 aliphatic carbocycles. The molecule has 4 nitrogen and oxygen atoms in total. The van der Waals surface area contributed by atoms with Gasteiger partial charge < -0.3 is 15.6 Å². The summed E-state index contributed by atoms with van der Waals surface area (Å²) in [5, 5.41) is 9.05. The molecule has 0 bridgehead atoms. The van der Waals surface area contributed by atoms with Crippen LogP contribution in [0.3, 0.4) is 0 Å². The topological polar surface area (TPSA) is 72.5 Å². The van der Waals surface area contributed by atoms with Crippen LogP contribution in [0.5, 0.6) is 11.5 Å². The van der Waals surface area contributed by atoms with Crippen molar-refractivity contribution in [1.29, 1.82) is 0 Å². The smallest absolute Gasteiger partial charge is 0.341 e. The molecule has 20 heavy (non-hydrogen) atoms. The molecule has 0 radical (unpaired) electrons. The van der Waals surface area contributed by atoms with E-state index in [0.717, 1.165) is 12.1 Å². The summed E-state index contributed by atoms with van der Waals surface area (Å²) >= 11 is 0. The molecule has 0 atom stereocenters. The average Bonchev–Trinajstić information content (AvgIpc) is 2.39. The Morgan fingerprint density at radius 1 is 1.20 bits per heavy atom. The van der Waals surface area contributed by atoms with Crippen LogP contribution < -0.4 is 10.5 Å². The summed E-state index contributed by atoms with van der Waals surface area (Å²) in [6.45, 7) is 1.54. The molecule has 104 valence electrons. The number of hydrogen-bond acceptors (Lipinski definition) is 3. The Morgan fingerprint density at radius 2 is 1.90 bits per heavy atom. The maximum absolute atomic E-state index is 13.8. The molecule has 0 aliphatic heterocycles. The van der Waals surface area contributed by atoms with Crippen LogP contribution in [0, 0.1) is 18.6 Å². The quantitative estimate of drug-likeness (QED) is 0.845. The van der Waals surface area contributed by atoms with Crippen LogP contribution in [-0.4, -0.2) is 11.1 Å². The number of carboxylic acids is 1. The standard InChI is InChI=1S/C14H11F2NO3/c1-7-3-2-4-10(12(7)16)20-9-6-5-8(15)13(17)11(9)14(18)19/h2-6H,17H2,1H3,(H,18,19). The summed E-state index contributed by atoms with van der Waals surface area (Å²) in [6.07, 6.45) is 0. The maximum atomic E-state index is 13.8. The molecule has 2 aromatic carbocycles. The van der Waals surface area contributed by atoms with E-state index < -0.39 is 28.9 Å². The number of benzene rings is 2. The summed E-state index contributed by atoms with van der Waals surface area (Å²) in [6, 6.07) is 6.50. The Kier molecular flexibility index (Phi) is 3.56. The fourth-order valence-electron chi connectivity index (χ4n) is 1.70. The molecule has 0 aromatic heterocycles. The lowest BCUT2D eigenvalue weighted by Gasteiger charge is -2.12. The summed E-state index contributed by atoms with van der Waals surface area (Å²) < 4.78 is 32.3. The van der Waals surface area contributed by atoms with Gasteiger partial charge in [0.2, 0.25) is 0 Å². The fraction of sp³-hybridized carbons (Fsp3) is 0.0714. The van der Waals surface area contributed by atoms with Crippen molar-refractivity contribution in [3.63, 3.8) is 0 Å². The first kappa shape index (κ1) is 13.8. The molecule has 2 rings (SSSR count). The number of rotatable bonds is 3. The first-order valence-electron chi connectivity index (χ1n) is 5.66. The Morgan fingerprint density at radius 3 is 2.55 bits per heavy atom. The number of halogens is 2. The Hall–Kier alpha value is -2.63. The molecule has 0 spiro atoms. The van der Waals surface area contributed by atoms with Crippen LogP contribution in [0.25, 0.3) is 0 Å². The zero-order valence-corrected chi connectivity index (χ0v) is 10.5. The van der Waals surface area contributed by atoms with E-state index in [0.29, 0.717) is 5.56 Å². The van der Waals surface area contributed by atoms with Crippen molar-refractivity contribution in [3.05, 3.63) is 53.1 Å². The molecule has 0 heterocycles. The largest absolute Gasteiger partial charge is 0.477 e. The Bertz CT molecular complexity index is 686. The second-order valence-electron chi connectivity index (χ2n) is 4.13. The van der Waals surface area contributed by atoms with Crippen molar-refractivity contribution in [2.24, 2.45) is 0 Å². The van der Waals surface area contributed by atoms with Crippen LogP contribution in [0.4, 0.5) is 14.5 Å². The third-order valence-electron chi connectivity index (χ3n) is 2.74. The van der Waals surface area contributed by atoms with Gasteiger partial charge in [-0.15, -0.1) is 0 Å². The van der Waals surface area contributed by atoms with E-state index in [1.54, 1.807) is 19.1 Å². The normalized spacial score (nSPS) is 10.3. The van der Waals surface area contributed by atoms with E-state index in [1.807, 2.05) is 0 Å². The van der Waals surface area contributed by atoms with E-state index in [9.17, 15) is 13.6 Å². The van der Waals surface area contributed by atoms with Gasteiger partial charge in [-0.1, -0.05) is 12.1 Å². The van der Waals surface area contributed by atoms with Gasteiger partial charge in [0, 0.05) is 0 Å². The molecule has 3 N–H and O–H groups in total. The number of anilines is 1. The van der Waals surface area contributed by atoms with Crippen molar-refractivity contribution >= 4 is 11.7 Å². The third-order valence-corrected chi connectivity index (χ3v) is 2.74. The van der Waals surface area contributed by atoms with Gasteiger partial charge in [-0.25, -0.2) is 13.6 Å². The second-order valence-corrected chi connectivity index (χ2v) is 4.13. The molecule has 0 saturated heterocycles. The van der Waals surface area contributed by atoms with Crippen LogP contribution in [0.2, 0.25) is 0 Å². The van der Waals surface area contributed by atoms with Crippen LogP contribution in [0.15, 0.2) is 30.3 Å². The highest BCUT2D eigenvalue weighted by Gasteiger charge is 2.20. The van der Waals surface area contributed by atoms with Crippen LogP contribution >= 0.6 is 0 Å². The zero-order valence-electron chi connectivity index (χ0n) is 10.5. The molecule has 0 unspecified atom stereocenters. The lowest BCUT2D eigenvalue weighted by molar-refractivity contribution is 0.0695. The fourth-order valence-corrected chi connectivity index (χ4v) is 1.70. The lowest BCUT2D eigenvalue weighted by Crippen LogP contribution is -2.07. The maximum Gasteiger partial charge on any atom is 0.341 e. The number of aryl methyl sites for hydroxylation is 1. The number of carboxylic acid groups (broad SMARTS) is 1. The van der Waals surface area contributed by atoms with E-state index in [-0.39, 0.29) is 11.5 Å². The van der Waals surface area contributed by atoms with Gasteiger partial charge in [-0.2, -0.15) is 0 Å². The van der Waals surface area contributed by atoms with E-state index in [1.165, 1.54) is 6.07 Å². The number of ether oxygens (including phenoxy) is 1. The predicted molar refractivity (Wildman–Crippen MR) is 69.0 cm³/mol. The minimum atomic E-state index is -1.45. The van der Waals surface area contributed by atoms with E-state index in [4.69, 9.17) is 15.6 Å². The first-order chi connectivity index (χ1) is 9.41. The minimum absolute atomic E-state index is 0.154. The SMILES string of the molecule is Cc1cccc(Oc2ccc(F)c(N)c2C(=O)O)c1F. The minimum Gasteiger partial charge on any atom is -0.477 e. The van der Waals surface area contributed by atoms with Crippen LogP contribution in [-0.2, 0) is 0 Å². The highest BCUT2D eigenvalue weighted by atomic mass is 19.1. The van der Waals surface area contributed by atoms with Gasteiger partial charge in [-0.05, 0) is 30.7 Å². The summed E-state index contributed by atoms with van der Waals surface area (Å²) in [4.78, 5) is 11.1. The van der Waals surface area contributed by atoms with Crippen LogP contribution in [0.1, 0.15) is 15.9 Å². The van der Waals surface area contributed by atoms with Gasteiger partial charge in [0.25, 0.3) is 0 Å². The third kappa shape index (κ3) is 2.40. The molecule has 0 amide bonds. The van der Waals surface area contributed by atoms with Gasteiger partial charge in [-0.3, -0.25) is 0 Å². The number of aromatic carboxylic acids is 1.